The highest BCUT2D eigenvalue weighted by Gasteiger charge is 2.16. The SMILES string of the molecule is CCOC(=O)c1cc(-c2cc(OC)cc(OC)c2)c2cc(OC)ccc2n1. The van der Waals surface area contributed by atoms with Gasteiger partial charge in [0.05, 0.1) is 33.5 Å². The molecule has 2 aromatic carbocycles. The van der Waals surface area contributed by atoms with Gasteiger partial charge in [0.15, 0.2) is 0 Å². The van der Waals surface area contributed by atoms with Gasteiger partial charge in [-0.15, -0.1) is 0 Å². The van der Waals surface area contributed by atoms with E-state index in [0.717, 1.165) is 16.5 Å². The van der Waals surface area contributed by atoms with E-state index in [0.29, 0.717) is 22.8 Å². The van der Waals surface area contributed by atoms with Crippen LogP contribution in [0.4, 0.5) is 0 Å². The standard InChI is InChI=1S/C21H21NO5/c1-5-27-21(23)20-12-17(13-8-15(25-3)10-16(9-13)26-4)18-11-14(24-2)6-7-19(18)22-20/h6-12H,5H2,1-4H3. The minimum absolute atomic E-state index is 0.242. The zero-order valence-electron chi connectivity index (χ0n) is 15.7. The lowest BCUT2D eigenvalue weighted by atomic mass is 9.99. The van der Waals surface area contributed by atoms with Gasteiger partial charge in [-0.1, -0.05) is 0 Å². The van der Waals surface area contributed by atoms with Crippen molar-refractivity contribution in [3.8, 4) is 28.4 Å². The molecule has 0 unspecified atom stereocenters. The van der Waals surface area contributed by atoms with Crippen molar-refractivity contribution in [1.29, 1.82) is 0 Å². The number of benzene rings is 2. The van der Waals surface area contributed by atoms with Crippen molar-refractivity contribution in [2.45, 2.75) is 6.92 Å². The average molecular weight is 367 g/mol. The molecular weight excluding hydrogens is 346 g/mol. The Kier molecular flexibility index (Phi) is 5.45. The Morgan fingerprint density at radius 3 is 2.15 bits per heavy atom. The van der Waals surface area contributed by atoms with Crippen LogP contribution in [0.1, 0.15) is 17.4 Å². The van der Waals surface area contributed by atoms with Gasteiger partial charge >= 0.3 is 5.97 Å². The Balaban J connectivity index is 2.29. The molecule has 0 fully saturated rings. The molecule has 6 nitrogen and oxygen atoms in total. The van der Waals surface area contributed by atoms with Crippen molar-refractivity contribution < 1.29 is 23.7 Å². The van der Waals surface area contributed by atoms with E-state index in [4.69, 9.17) is 18.9 Å². The van der Waals surface area contributed by atoms with Crippen LogP contribution in [0.15, 0.2) is 42.5 Å². The molecule has 0 aliphatic rings. The number of rotatable bonds is 6. The predicted molar refractivity (Wildman–Crippen MR) is 103 cm³/mol. The Bertz CT molecular complexity index is 961. The zero-order chi connectivity index (χ0) is 19.4. The largest absolute Gasteiger partial charge is 0.497 e. The Morgan fingerprint density at radius 1 is 0.889 bits per heavy atom. The molecule has 0 atom stereocenters. The summed E-state index contributed by atoms with van der Waals surface area (Å²) in [5.41, 5.74) is 2.54. The van der Waals surface area contributed by atoms with Crippen LogP contribution in [0, 0.1) is 0 Å². The Hall–Kier alpha value is -3.28. The summed E-state index contributed by atoms with van der Waals surface area (Å²) >= 11 is 0. The predicted octanol–water partition coefficient (Wildman–Crippen LogP) is 4.10. The molecule has 1 heterocycles. The molecule has 3 aromatic rings. The maximum Gasteiger partial charge on any atom is 0.356 e. The molecule has 0 bridgehead atoms. The molecule has 0 saturated heterocycles. The van der Waals surface area contributed by atoms with Crippen LogP contribution in [0.25, 0.3) is 22.0 Å². The minimum Gasteiger partial charge on any atom is -0.497 e. The minimum atomic E-state index is -0.466. The number of carbonyl (C=O) groups excluding carboxylic acids is 1. The highest BCUT2D eigenvalue weighted by molar-refractivity contribution is 6.00. The van der Waals surface area contributed by atoms with Crippen LogP contribution >= 0.6 is 0 Å². The summed E-state index contributed by atoms with van der Waals surface area (Å²) in [5, 5.41) is 0.845. The number of pyridine rings is 1. The van der Waals surface area contributed by atoms with E-state index in [2.05, 4.69) is 4.98 Å². The Labute approximate surface area is 157 Å². The lowest BCUT2D eigenvalue weighted by molar-refractivity contribution is 0.0520. The van der Waals surface area contributed by atoms with E-state index in [1.807, 2.05) is 24.3 Å². The second-order valence-corrected chi connectivity index (χ2v) is 5.76. The van der Waals surface area contributed by atoms with E-state index < -0.39 is 5.97 Å². The summed E-state index contributed by atoms with van der Waals surface area (Å²) in [7, 11) is 4.79. The summed E-state index contributed by atoms with van der Waals surface area (Å²) in [6.07, 6.45) is 0. The van der Waals surface area contributed by atoms with Crippen LogP contribution < -0.4 is 14.2 Å². The molecule has 0 saturated carbocycles. The molecule has 0 spiro atoms. The third-order valence-electron chi connectivity index (χ3n) is 4.16. The van der Waals surface area contributed by atoms with Gasteiger partial charge in [-0.25, -0.2) is 9.78 Å². The fourth-order valence-corrected chi connectivity index (χ4v) is 2.84. The molecule has 6 heteroatoms. The lowest BCUT2D eigenvalue weighted by Gasteiger charge is -2.13. The van der Waals surface area contributed by atoms with Crippen LogP contribution in [0.3, 0.4) is 0 Å². The fourth-order valence-electron chi connectivity index (χ4n) is 2.84. The van der Waals surface area contributed by atoms with Gasteiger partial charge in [-0.05, 0) is 54.4 Å². The maximum atomic E-state index is 12.3. The van der Waals surface area contributed by atoms with Crippen LogP contribution in [-0.4, -0.2) is 38.9 Å². The number of hydrogen-bond donors (Lipinski definition) is 0. The fraction of sp³-hybridized carbons (Fsp3) is 0.238. The number of fused-ring (bicyclic) bond motifs is 1. The summed E-state index contributed by atoms with van der Waals surface area (Å²) in [6.45, 7) is 2.04. The molecule has 3 rings (SSSR count). The first-order valence-electron chi connectivity index (χ1n) is 8.49. The van der Waals surface area contributed by atoms with Crippen LogP contribution in [0.2, 0.25) is 0 Å². The highest BCUT2D eigenvalue weighted by Crippen LogP contribution is 2.35. The van der Waals surface area contributed by atoms with Crippen molar-refractivity contribution >= 4 is 16.9 Å². The molecule has 0 amide bonds. The quantitative estimate of drug-likeness (QED) is 0.611. The molecule has 0 radical (unpaired) electrons. The van der Waals surface area contributed by atoms with Gasteiger partial charge in [-0.3, -0.25) is 0 Å². The number of ether oxygens (including phenoxy) is 4. The third kappa shape index (κ3) is 3.79. The molecule has 27 heavy (non-hydrogen) atoms. The van der Waals surface area contributed by atoms with Crippen molar-refractivity contribution in [2.24, 2.45) is 0 Å². The monoisotopic (exact) mass is 367 g/mol. The van der Waals surface area contributed by atoms with Crippen molar-refractivity contribution in [2.75, 3.05) is 27.9 Å². The van der Waals surface area contributed by atoms with E-state index in [-0.39, 0.29) is 12.3 Å². The van der Waals surface area contributed by atoms with E-state index >= 15 is 0 Å². The topological polar surface area (TPSA) is 66.9 Å². The number of methoxy groups -OCH3 is 3. The summed E-state index contributed by atoms with van der Waals surface area (Å²) < 4.78 is 21.2. The first-order valence-corrected chi connectivity index (χ1v) is 8.49. The highest BCUT2D eigenvalue weighted by atomic mass is 16.5. The van der Waals surface area contributed by atoms with Crippen LogP contribution in [0.5, 0.6) is 17.2 Å². The molecule has 0 aliphatic carbocycles. The van der Waals surface area contributed by atoms with Gasteiger partial charge in [0, 0.05) is 11.5 Å². The van der Waals surface area contributed by atoms with Gasteiger partial charge in [0.1, 0.15) is 22.9 Å². The molecule has 0 N–H and O–H groups in total. The van der Waals surface area contributed by atoms with E-state index in [9.17, 15) is 4.79 Å². The van der Waals surface area contributed by atoms with Crippen LogP contribution in [-0.2, 0) is 4.74 Å². The first-order chi connectivity index (χ1) is 13.1. The number of nitrogens with zero attached hydrogens (tertiary/aromatic N) is 1. The first kappa shape index (κ1) is 18.5. The maximum absolute atomic E-state index is 12.3. The second-order valence-electron chi connectivity index (χ2n) is 5.76. The van der Waals surface area contributed by atoms with Gasteiger partial charge in [-0.2, -0.15) is 0 Å². The normalized spacial score (nSPS) is 10.5. The van der Waals surface area contributed by atoms with Gasteiger partial charge in [0.25, 0.3) is 0 Å². The smallest absolute Gasteiger partial charge is 0.356 e. The second kappa shape index (κ2) is 7.95. The van der Waals surface area contributed by atoms with Gasteiger partial charge in [0.2, 0.25) is 0 Å². The van der Waals surface area contributed by atoms with Gasteiger partial charge < -0.3 is 18.9 Å². The van der Waals surface area contributed by atoms with E-state index in [1.54, 1.807) is 46.5 Å². The average Bonchev–Trinajstić information content (AvgIpc) is 2.72. The summed E-state index contributed by atoms with van der Waals surface area (Å²) in [6, 6.07) is 12.8. The number of hydrogen-bond acceptors (Lipinski definition) is 6. The summed E-state index contributed by atoms with van der Waals surface area (Å²) in [5.74, 6) is 1.53. The lowest BCUT2D eigenvalue weighted by Crippen LogP contribution is -2.07. The van der Waals surface area contributed by atoms with Crippen molar-refractivity contribution in [1.82, 2.24) is 4.98 Å². The molecule has 0 aliphatic heterocycles. The number of carbonyl (C=O) groups is 1. The van der Waals surface area contributed by atoms with E-state index in [1.165, 1.54) is 0 Å². The Morgan fingerprint density at radius 2 is 1.56 bits per heavy atom. The number of esters is 1. The third-order valence-corrected chi connectivity index (χ3v) is 4.16. The van der Waals surface area contributed by atoms with Crippen molar-refractivity contribution in [3.63, 3.8) is 0 Å². The number of aromatic nitrogens is 1. The zero-order valence-corrected chi connectivity index (χ0v) is 15.7. The molecular formula is C21H21NO5. The van der Waals surface area contributed by atoms with Crippen molar-refractivity contribution in [3.05, 3.63) is 48.2 Å². The summed E-state index contributed by atoms with van der Waals surface area (Å²) in [4.78, 5) is 16.7. The molecule has 1 aromatic heterocycles. The molecule has 140 valence electrons.